The molecule has 0 bridgehead atoms. The smallest absolute Gasteiger partial charge is 0.408 e. The molecule has 9 heteroatoms. The topological polar surface area (TPSA) is 131 Å². The monoisotopic (exact) mass is 532 g/mol. The van der Waals surface area contributed by atoms with E-state index >= 15 is 0 Å². The first-order valence-corrected chi connectivity index (χ1v) is 13.8. The molecule has 4 N–H and O–H groups in total. The summed E-state index contributed by atoms with van der Waals surface area (Å²) < 4.78 is 5.37. The molecule has 0 fully saturated rings. The number of nitrogens with two attached hydrogens (primary N) is 1. The molecule has 0 aliphatic carbocycles. The van der Waals surface area contributed by atoms with E-state index in [2.05, 4.69) is 17.6 Å². The molecule has 0 saturated carbocycles. The molecule has 0 aliphatic rings. The van der Waals surface area contributed by atoms with Gasteiger partial charge < -0.3 is 26.0 Å². The largest absolute Gasteiger partial charge is 0.444 e. The highest BCUT2D eigenvalue weighted by molar-refractivity contribution is 5.92. The fraction of sp³-hybridized carbons (Fsp3) is 0.655. The Morgan fingerprint density at radius 1 is 0.974 bits per heavy atom. The molecule has 4 amide bonds. The summed E-state index contributed by atoms with van der Waals surface area (Å²) in [5, 5.41) is 5.57. The van der Waals surface area contributed by atoms with Crippen LogP contribution in [0, 0.1) is 0 Å². The van der Waals surface area contributed by atoms with Crippen LogP contribution in [0.5, 0.6) is 0 Å². The summed E-state index contributed by atoms with van der Waals surface area (Å²) >= 11 is 0. The van der Waals surface area contributed by atoms with Crippen LogP contribution in [0.15, 0.2) is 24.3 Å². The summed E-state index contributed by atoms with van der Waals surface area (Å²) in [5.74, 6) is -1.36. The van der Waals surface area contributed by atoms with Crippen molar-refractivity contribution < 1.29 is 23.9 Å². The van der Waals surface area contributed by atoms with E-state index in [0.717, 1.165) is 31.2 Å². The van der Waals surface area contributed by atoms with Gasteiger partial charge >= 0.3 is 6.09 Å². The highest BCUT2D eigenvalue weighted by atomic mass is 16.6. The number of ether oxygens (including phenoxy) is 1. The van der Waals surface area contributed by atoms with Crippen LogP contribution in [-0.4, -0.2) is 52.9 Å². The Hall–Kier alpha value is -3.10. The molecule has 0 aliphatic heterocycles. The lowest BCUT2D eigenvalue weighted by atomic mass is 9.99. The fourth-order valence-corrected chi connectivity index (χ4v) is 4.04. The summed E-state index contributed by atoms with van der Waals surface area (Å²) in [5.41, 5.74) is 6.39. The second-order valence-corrected chi connectivity index (χ2v) is 11.0. The molecule has 9 nitrogen and oxygen atoms in total. The van der Waals surface area contributed by atoms with Crippen molar-refractivity contribution in [2.45, 2.75) is 117 Å². The zero-order chi connectivity index (χ0) is 28.9. The van der Waals surface area contributed by atoms with Gasteiger partial charge in [0.2, 0.25) is 17.7 Å². The zero-order valence-corrected chi connectivity index (χ0v) is 24.3. The number of carbonyl (C=O) groups excluding carboxylic acids is 4. The first-order valence-electron chi connectivity index (χ1n) is 13.8. The highest BCUT2D eigenvalue weighted by Gasteiger charge is 2.36. The van der Waals surface area contributed by atoms with E-state index in [1.807, 2.05) is 45.0 Å². The van der Waals surface area contributed by atoms with Crippen LogP contribution in [0.3, 0.4) is 0 Å². The van der Waals surface area contributed by atoms with Crippen LogP contribution in [-0.2, 0) is 25.5 Å². The number of alkyl carbamates (subject to hydrolysis) is 1. The third kappa shape index (κ3) is 12.0. The van der Waals surface area contributed by atoms with Crippen LogP contribution in [0.2, 0.25) is 0 Å². The zero-order valence-electron chi connectivity index (χ0n) is 24.3. The average molecular weight is 533 g/mol. The van der Waals surface area contributed by atoms with Gasteiger partial charge in [0, 0.05) is 19.0 Å². The van der Waals surface area contributed by atoms with Gasteiger partial charge in [-0.1, -0.05) is 57.4 Å². The standard InChI is InChI=1S/C29H48N4O5/c1-8-10-11-12-19-33(25(26(35)31-20(3)4)22-15-13-21(9-2)14-16-22)27(36)23(17-18-24(30)34)32-28(37)38-29(5,6)7/h13-16,20,23,25H,8-12,17-19H2,1-7H3,(H2,30,34)(H,31,35)(H,32,37). The van der Waals surface area contributed by atoms with E-state index in [4.69, 9.17) is 10.5 Å². The molecule has 2 unspecified atom stereocenters. The lowest BCUT2D eigenvalue weighted by Crippen LogP contribution is -2.54. The fourth-order valence-electron chi connectivity index (χ4n) is 4.04. The quantitative estimate of drug-likeness (QED) is 0.289. The predicted molar refractivity (Wildman–Crippen MR) is 149 cm³/mol. The number of aryl methyl sites for hydroxylation is 1. The molecular weight excluding hydrogens is 484 g/mol. The van der Waals surface area contributed by atoms with Gasteiger partial charge in [-0.3, -0.25) is 14.4 Å². The summed E-state index contributed by atoms with van der Waals surface area (Å²) in [6.07, 6.45) is 3.55. The van der Waals surface area contributed by atoms with Gasteiger partial charge in [-0.05, 0) is 65.0 Å². The second kappa shape index (κ2) is 16.0. The predicted octanol–water partition coefficient (Wildman–Crippen LogP) is 4.38. The van der Waals surface area contributed by atoms with E-state index in [-0.39, 0.29) is 24.8 Å². The maximum atomic E-state index is 14.1. The summed E-state index contributed by atoms with van der Waals surface area (Å²) in [4.78, 5) is 53.4. The molecule has 0 spiro atoms. The molecule has 0 aromatic heterocycles. The van der Waals surface area contributed by atoms with Gasteiger partial charge in [-0.2, -0.15) is 0 Å². The maximum Gasteiger partial charge on any atom is 0.408 e. The molecule has 214 valence electrons. The number of hydrogen-bond acceptors (Lipinski definition) is 5. The number of carbonyl (C=O) groups is 4. The normalized spacial score (nSPS) is 12.9. The molecule has 1 aromatic rings. The van der Waals surface area contributed by atoms with Crippen LogP contribution in [0.4, 0.5) is 4.79 Å². The van der Waals surface area contributed by atoms with Gasteiger partial charge in [0.05, 0.1) is 0 Å². The lowest BCUT2D eigenvalue weighted by Gasteiger charge is -2.35. The van der Waals surface area contributed by atoms with Crippen LogP contribution < -0.4 is 16.4 Å². The lowest BCUT2D eigenvalue weighted by molar-refractivity contribution is -0.143. The van der Waals surface area contributed by atoms with Crippen molar-refractivity contribution in [1.82, 2.24) is 15.5 Å². The van der Waals surface area contributed by atoms with E-state index < -0.39 is 35.6 Å². The average Bonchev–Trinajstić information content (AvgIpc) is 2.81. The van der Waals surface area contributed by atoms with Crippen molar-refractivity contribution in [1.29, 1.82) is 0 Å². The van der Waals surface area contributed by atoms with Crippen molar-refractivity contribution in [2.75, 3.05) is 6.54 Å². The molecule has 38 heavy (non-hydrogen) atoms. The van der Waals surface area contributed by atoms with E-state index in [1.165, 1.54) is 4.90 Å². The Bertz CT molecular complexity index is 909. The maximum absolute atomic E-state index is 14.1. The molecule has 0 saturated heterocycles. The molecule has 0 heterocycles. The highest BCUT2D eigenvalue weighted by Crippen LogP contribution is 2.25. The SMILES string of the molecule is CCCCCCN(C(=O)C(CCC(N)=O)NC(=O)OC(C)(C)C)C(C(=O)NC(C)C)c1ccc(CC)cc1. The van der Waals surface area contributed by atoms with Crippen LogP contribution in [0.25, 0.3) is 0 Å². The van der Waals surface area contributed by atoms with E-state index in [1.54, 1.807) is 20.8 Å². The number of nitrogens with one attached hydrogen (secondary N) is 2. The Labute approximate surface area is 228 Å². The number of nitrogens with zero attached hydrogens (tertiary/aromatic N) is 1. The minimum absolute atomic E-state index is 0.00778. The Balaban J connectivity index is 3.49. The van der Waals surface area contributed by atoms with Crippen LogP contribution in [0.1, 0.15) is 104 Å². The third-order valence-corrected chi connectivity index (χ3v) is 5.90. The Kier molecular flexibility index (Phi) is 13.9. The number of unbranched alkanes of at least 4 members (excludes halogenated alkanes) is 3. The molecule has 1 rings (SSSR count). The third-order valence-electron chi connectivity index (χ3n) is 5.90. The molecular formula is C29H48N4O5. The van der Waals surface area contributed by atoms with Crippen molar-refractivity contribution in [3.63, 3.8) is 0 Å². The summed E-state index contributed by atoms with van der Waals surface area (Å²) in [7, 11) is 0. The van der Waals surface area contributed by atoms with Gasteiger partial charge in [0.15, 0.2) is 0 Å². The summed E-state index contributed by atoms with van der Waals surface area (Å²) in [6, 6.07) is 5.51. The van der Waals surface area contributed by atoms with Gasteiger partial charge in [0.25, 0.3) is 0 Å². The number of hydrogen-bond donors (Lipinski definition) is 3. The Morgan fingerprint density at radius 3 is 2.11 bits per heavy atom. The minimum Gasteiger partial charge on any atom is -0.444 e. The first kappa shape index (κ1) is 32.9. The number of rotatable bonds is 15. The molecule has 1 aromatic carbocycles. The Morgan fingerprint density at radius 2 is 1.61 bits per heavy atom. The van der Waals surface area contributed by atoms with Crippen molar-refractivity contribution in [2.24, 2.45) is 5.73 Å². The second-order valence-electron chi connectivity index (χ2n) is 11.0. The number of primary amides is 1. The van der Waals surface area contributed by atoms with Crippen molar-refractivity contribution >= 4 is 23.8 Å². The van der Waals surface area contributed by atoms with Crippen molar-refractivity contribution in [3.05, 3.63) is 35.4 Å². The van der Waals surface area contributed by atoms with Gasteiger partial charge in [-0.25, -0.2) is 4.79 Å². The minimum atomic E-state index is -1.09. The number of benzene rings is 1. The number of amides is 4. The van der Waals surface area contributed by atoms with E-state index in [0.29, 0.717) is 18.5 Å². The molecule has 2 atom stereocenters. The van der Waals surface area contributed by atoms with E-state index in [9.17, 15) is 19.2 Å². The van der Waals surface area contributed by atoms with Gasteiger partial charge in [0.1, 0.15) is 17.7 Å². The first-order chi connectivity index (χ1) is 17.8. The van der Waals surface area contributed by atoms with Gasteiger partial charge in [-0.15, -0.1) is 0 Å². The van der Waals surface area contributed by atoms with Crippen molar-refractivity contribution in [3.8, 4) is 0 Å². The van der Waals surface area contributed by atoms with Crippen LogP contribution >= 0.6 is 0 Å². The summed E-state index contributed by atoms with van der Waals surface area (Å²) in [6.45, 7) is 13.4. The molecule has 0 radical (unpaired) electrons.